The lowest BCUT2D eigenvalue weighted by molar-refractivity contribution is 0.166. The zero-order chi connectivity index (χ0) is 16.7. The number of rotatable bonds is 4. The second-order valence-corrected chi connectivity index (χ2v) is 6.99. The van der Waals surface area contributed by atoms with Gasteiger partial charge in [0.2, 0.25) is 10.1 Å². The first-order chi connectivity index (χ1) is 11.7. The molecule has 4 rings (SSSR count). The number of hydrogen-bond donors (Lipinski definition) is 2. The molecule has 124 valence electrons. The Labute approximate surface area is 142 Å². The van der Waals surface area contributed by atoms with Gasteiger partial charge in [0.1, 0.15) is 0 Å². The van der Waals surface area contributed by atoms with E-state index in [9.17, 15) is 9.90 Å². The van der Waals surface area contributed by atoms with E-state index in [1.54, 1.807) is 6.07 Å². The highest BCUT2D eigenvalue weighted by Gasteiger charge is 2.31. The van der Waals surface area contributed by atoms with Crippen LogP contribution in [0.2, 0.25) is 0 Å². The summed E-state index contributed by atoms with van der Waals surface area (Å²) in [5, 5.41) is 18.5. The number of nitrogens with one attached hydrogen (secondary N) is 1. The molecular weight excluding hydrogens is 324 g/mol. The average Bonchev–Trinajstić information content (AvgIpc) is 3.10. The van der Waals surface area contributed by atoms with Crippen molar-refractivity contribution in [2.45, 2.75) is 38.3 Å². The van der Waals surface area contributed by atoms with Crippen LogP contribution in [0.15, 0.2) is 35.1 Å². The maximum absolute atomic E-state index is 12.2. The molecular formula is C17H18N4O2S. The number of anilines is 1. The molecule has 0 radical (unpaired) electrons. The molecule has 0 unspecified atom stereocenters. The van der Waals surface area contributed by atoms with Crippen molar-refractivity contribution in [2.75, 3.05) is 5.32 Å². The number of hydrogen-bond acceptors (Lipinski definition) is 6. The summed E-state index contributed by atoms with van der Waals surface area (Å²) < 4.78 is 1.32. The van der Waals surface area contributed by atoms with Crippen LogP contribution in [0.1, 0.15) is 36.2 Å². The highest BCUT2D eigenvalue weighted by Crippen LogP contribution is 2.34. The van der Waals surface area contributed by atoms with Crippen LogP contribution in [-0.4, -0.2) is 25.8 Å². The van der Waals surface area contributed by atoms with Crippen molar-refractivity contribution in [1.29, 1.82) is 0 Å². The highest BCUT2D eigenvalue weighted by molar-refractivity contribution is 7.20. The van der Waals surface area contributed by atoms with Gasteiger partial charge in [0.25, 0.3) is 5.56 Å². The van der Waals surface area contributed by atoms with E-state index < -0.39 is 6.10 Å². The van der Waals surface area contributed by atoms with Crippen molar-refractivity contribution >= 4 is 21.4 Å². The first kappa shape index (κ1) is 15.3. The molecule has 0 saturated heterocycles. The Kier molecular flexibility index (Phi) is 3.82. The summed E-state index contributed by atoms with van der Waals surface area (Å²) >= 11 is 1.33. The monoisotopic (exact) mass is 342 g/mol. The Hall–Kier alpha value is -2.25. The number of aryl methyl sites for hydroxylation is 1. The number of benzene rings is 1. The predicted molar refractivity (Wildman–Crippen MR) is 93.6 cm³/mol. The molecule has 1 aliphatic carbocycles. The van der Waals surface area contributed by atoms with Gasteiger partial charge in [-0.05, 0) is 17.5 Å². The molecule has 0 amide bonds. The van der Waals surface area contributed by atoms with E-state index in [1.165, 1.54) is 15.9 Å². The van der Waals surface area contributed by atoms with Crippen molar-refractivity contribution < 1.29 is 5.11 Å². The van der Waals surface area contributed by atoms with Crippen molar-refractivity contribution in [2.24, 2.45) is 0 Å². The molecule has 2 N–H and O–H groups in total. The fourth-order valence-electron chi connectivity index (χ4n) is 3.18. The second kappa shape index (κ2) is 5.99. The Bertz CT molecular complexity index is 949. The lowest BCUT2D eigenvalue weighted by Crippen LogP contribution is -2.21. The minimum absolute atomic E-state index is 0.167. The summed E-state index contributed by atoms with van der Waals surface area (Å²) in [7, 11) is 0. The summed E-state index contributed by atoms with van der Waals surface area (Å²) in [6, 6.07) is 9.31. The lowest BCUT2D eigenvalue weighted by atomic mass is 10.1. The molecule has 0 aliphatic heterocycles. The SMILES string of the molecule is CCCc1cc(=O)n2nc(N[C@H]3c4ccccc4C[C@H]3O)sc2n1. The van der Waals surface area contributed by atoms with Gasteiger partial charge in [-0.2, -0.15) is 4.52 Å². The van der Waals surface area contributed by atoms with Crippen LogP contribution in [0.25, 0.3) is 4.96 Å². The standard InChI is InChI=1S/C17H18N4O2S/c1-2-5-11-9-14(23)21-17(18-11)24-16(20-21)19-15-12-7-4-3-6-10(12)8-13(15)22/h3-4,6-7,9,13,15,22H,2,5,8H2,1H3,(H,19,20)/t13-,15+/m1/s1. The summed E-state index contributed by atoms with van der Waals surface area (Å²) in [4.78, 5) is 17.3. The van der Waals surface area contributed by atoms with Crippen molar-refractivity contribution in [3.05, 3.63) is 57.5 Å². The van der Waals surface area contributed by atoms with Gasteiger partial charge < -0.3 is 10.4 Å². The van der Waals surface area contributed by atoms with Gasteiger partial charge in [0.05, 0.1) is 12.1 Å². The molecule has 1 aromatic carbocycles. The van der Waals surface area contributed by atoms with Crippen LogP contribution in [0.3, 0.4) is 0 Å². The number of aliphatic hydroxyl groups excluding tert-OH is 1. The molecule has 2 heterocycles. The molecule has 6 nitrogen and oxygen atoms in total. The molecule has 7 heteroatoms. The maximum atomic E-state index is 12.2. The second-order valence-electron chi connectivity index (χ2n) is 6.03. The summed E-state index contributed by atoms with van der Waals surface area (Å²) in [6.45, 7) is 2.06. The van der Waals surface area contributed by atoms with Gasteiger partial charge in [0.15, 0.2) is 0 Å². The molecule has 0 saturated carbocycles. The molecule has 24 heavy (non-hydrogen) atoms. The number of fused-ring (bicyclic) bond motifs is 2. The van der Waals surface area contributed by atoms with Gasteiger partial charge in [-0.3, -0.25) is 4.79 Å². The van der Waals surface area contributed by atoms with Crippen LogP contribution in [0, 0.1) is 0 Å². The van der Waals surface area contributed by atoms with Crippen molar-refractivity contribution in [1.82, 2.24) is 14.6 Å². The van der Waals surface area contributed by atoms with Crippen molar-refractivity contribution in [3.63, 3.8) is 0 Å². The highest BCUT2D eigenvalue weighted by atomic mass is 32.1. The average molecular weight is 342 g/mol. The van der Waals surface area contributed by atoms with Crippen LogP contribution >= 0.6 is 11.3 Å². The minimum atomic E-state index is -0.505. The molecule has 2 aromatic heterocycles. The molecule has 0 fully saturated rings. The van der Waals surface area contributed by atoms with Gasteiger partial charge in [-0.15, -0.1) is 5.10 Å². The smallest absolute Gasteiger partial charge is 0.275 e. The van der Waals surface area contributed by atoms with Gasteiger partial charge >= 0.3 is 0 Å². The first-order valence-electron chi connectivity index (χ1n) is 8.08. The van der Waals surface area contributed by atoms with E-state index in [0.29, 0.717) is 16.5 Å². The number of aromatic nitrogens is 3. The maximum Gasteiger partial charge on any atom is 0.275 e. The summed E-state index contributed by atoms with van der Waals surface area (Å²) in [6.07, 6.45) is 1.84. The fraction of sp³-hybridized carbons (Fsp3) is 0.353. The van der Waals surface area contributed by atoms with E-state index >= 15 is 0 Å². The number of nitrogens with zero attached hydrogens (tertiary/aromatic N) is 3. The Morgan fingerprint density at radius 3 is 3.08 bits per heavy atom. The largest absolute Gasteiger partial charge is 0.390 e. The third-order valence-electron chi connectivity index (χ3n) is 4.29. The summed E-state index contributed by atoms with van der Waals surface area (Å²) in [5.74, 6) is 0. The summed E-state index contributed by atoms with van der Waals surface area (Å²) in [5.41, 5.74) is 2.85. The van der Waals surface area contributed by atoms with E-state index in [1.807, 2.05) is 24.3 Å². The van der Waals surface area contributed by atoms with E-state index in [2.05, 4.69) is 22.3 Å². The van der Waals surface area contributed by atoms with Crippen LogP contribution in [0.5, 0.6) is 0 Å². The third kappa shape index (κ3) is 2.59. The van der Waals surface area contributed by atoms with Gasteiger partial charge in [0, 0.05) is 18.2 Å². The molecule has 2 atom stereocenters. The number of aliphatic hydroxyl groups is 1. The minimum Gasteiger partial charge on any atom is -0.390 e. The first-order valence-corrected chi connectivity index (χ1v) is 8.89. The van der Waals surface area contributed by atoms with E-state index in [0.717, 1.165) is 29.7 Å². The molecule has 3 aromatic rings. The molecule has 0 bridgehead atoms. The van der Waals surface area contributed by atoms with Crippen molar-refractivity contribution in [3.8, 4) is 0 Å². The van der Waals surface area contributed by atoms with Crippen LogP contribution in [0.4, 0.5) is 5.13 Å². The Morgan fingerprint density at radius 2 is 2.25 bits per heavy atom. The van der Waals surface area contributed by atoms with E-state index in [-0.39, 0.29) is 11.6 Å². The normalized spacial score (nSPS) is 19.6. The zero-order valence-corrected chi connectivity index (χ0v) is 14.1. The topological polar surface area (TPSA) is 79.5 Å². The van der Waals surface area contributed by atoms with Crippen LogP contribution < -0.4 is 10.9 Å². The third-order valence-corrected chi connectivity index (χ3v) is 5.13. The van der Waals surface area contributed by atoms with Gasteiger partial charge in [-0.25, -0.2) is 4.98 Å². The van der Waals surface area contributed by atoms with E-state index in [4.69, 9.17) is 0 Å². The lowest BCUT2D eigenvalue weighted by Gasteiger charge is -2.16. The van der Waals surface area contributed by atoms with Gasteiger partial charge in [-0.1, -0.05) is 48.9 Å². The quantitative estimate of drug-likeness (QED) is 0.760. The Balaban J connectivity index is 1.68. The molecule has 1 aliphatic rings. The fourth-order valence-corrected chi connectivity index (χ4v) is 4.04. The zero-order valence-electron chi connectivity index (χ0n) is 13.3. The predicted octanol–water partition coefficient (Wildman–Crippen LogP) is 2.17. The van der Waals surface area contributed by atoms with Crippen LogP contribution in [-0.2, 0) is 12.8 Å². The Morgan fingerprint density at radius 1 is 1.42 bits per heavy atom. The molecule has 0 spiro atoms.